The second-order valence-electron chi connectivity index (χ2n) is 16.4. The summed E-state index contributed by atoms with van der Waals surface area (Å²) in [5, 5.41) is 11.9. The number of fused-ring (bicyclic) bond motifs is 2. The Kier molecular flexibility index (Phi) is 10.3. The molecule has 0 spiro atoms. The SMILES string of the molecule is N#Cc1ccc(OC2CCC(N3Cc4cc(N5CCC(CN6CCN(c7ccc8c(c7)CN(C7CCC(=O)NC7=O)C8=O)CC6)CC5)ncc4C3=O)CC2)cc1Cl. The molecule has 0 radical (unpaired) electrons. The molecule has 6 aliphatic rings. The predicted molar refractivity (Wildman–Crippen MR) is 213 cm³/mol. The number of carbonyl (C=O) groups is 4. The number of halogens is 1. The van der Waals surface area contributed by atoms with Gasteiger partial charge in [0.1, 0.15) is 23.7 Å². The third-order valence-electron chi connectivity index (χ3n) is 13.0. The molecule has 1 aromatic heterocycles. The molecule has 1 aliphatic carbocycles. The van der Waals surface area contributed by atoms with Crippen LogP contribution in [-0.2, 0) is 22.7 Å². The summed E-state index contributed by atoms with van der Waals surface area (Å²) in [6.45, 7) is 7.79. The van der Waals surface area contributed by atoms with Gasteiger partial charge >= 0.3 is 0 Å². The molecule has 4 fully saturated rings. The van der Waals surface area contributed by atoms with Gasteiger partial charge in [0.15, 0.2) is 0 Å². The summed E-state index contributed by atoms with van der Waals surface area (Å²) in [7, 11) is 0. The van der Waals surface area contributed by atoms with Crippen LogP contribution in [0.25, 0.3) is 0 Å². The molecule has 13 nitrogen and oxygen atoms in total. The molecule has 3 aromatic rings. The van der Waals surface area contributed by atoms with Gasteiger partial charge < -0.3 is 24.3 Å². The number of piperazine rings is 1. The first kappa shape index (κ1) is 37.4. The van der Waals surface area contributed by atoms with E-state index in [9.17, 15) is 19.2 Å². The molecule has 2 aromatic carbocycles. The van der Waals surface area contributed by atoms with Crippen molar-refractivity contribution in [2.45, 2.75) is 82.6 Å². The number of carbonyl (C=O) groups excluding carboxylic acids is 4. The lowest BCUT2D eigenvalue weighted by molar-refractivity contribution is -0.136. The van der Waals surface area contributed by atoms with E-state index >= 15 is 0 Å². The summed E-state index contributed by atoms with van der Waals surface area (Å²) in [6.07, 6.45) is 8.12. The molecule has 9 rings (SSSR count). The van der Waals surface area contributed by atoms with Crippen LogP contribution in [0.2, 0.25) is 5.02 Å². The van der Waals surface area contributed by atoms with Gasteiger partial charge in [-0.15, -0.1) is 0 Å². The Morgan fingerprint density at radius 3 is 2.26 bits per heavy atom. The van der Waals surface area contributed by atoms with Crippen LogP contribution in [0.5, 0.6) is 5.75 Å². The van der Waals surface area contributed by atoms with E-state index in [1.807, 2.05) is 17.0 Å². The molecule has 3 saturated heterocycles. The highest BCUT2D eigenvalue weighted by Gasteiger charge is 2.40. The van der Waals surface area contributed by atoms with Crippen LogP contribution in [0.3, 0.4) is 0 Å². The lowest BCUT2D eigenvalue weighted by atomic mass is 9.92. The third kappa shape index (κ3) is 7.53. The van der Waals surface area contributed by atoms with Gasteiger partial charge in [0, 0.05) is 94.9 Å². The number of nitriles is 1. The second kappa shape index (κ2) is 15.6. The Morgan fingerprint density at radius 2 is 1.53 bits per heavy atom. The standard InChI is InChI=1S/C43H47ClN8O5/c44-37-21-34(5-1-28(37)22-45)57-33-6-2-31(3-7-33)51-25-30-20-39(46-23-36(30)43(51)56)50-13-11-27(12-14-50)24-48-15-17-49(18-16-48)32-4-8-35-29(19-32)26-52(42(35)55)38-9-10-40(53)47-41(38)54/h1,4-5,8,19-21,23,27,31,33,38H,2-3,6-7,9-18,24-26H2,(H,47,53,54). The molecule has 1 atom stereocenters. The molecular formula is C43H47ClN8O5. The van der Waals surface area contributed by atoms with Gasteiger partial charge in [-0.1, -0.05) is 11.6 Å². The normalized spacial score (nSPS) is 24.4. The number of benzene rings is 2. The second-order valence-corrected chi connectivity index (χ2v) is 16.8. The molecule has 1 saturated carbocycles. The monoisotopic (exact) mass is 790 g/mol. The van der Waals surface area contributed by atoms with E-state index in [0.29, 0.717) is 47.3 Å². The van der Waals surface area contributed by atoms with Crippen molar-refractivity contribution >= 4 is 46.7 Å². The first-order valence-electron chi connectivity index (χ1n) is 20.4. The van der Waals surface area contributed by atoms with Crippen molar-refractivity contribution in [1.82, 2.24) is 25.0 Å². The predicted octanol–water partition coefficient (Wildman–Crippen LogP) is 4.75. The summed E-state index contributed by atoms with van der Waals surface area (Å²) in [4.78, 5) is 66.5. The molecule has 296 valence electrons. The lowest BCUT2D eigenvalue weighted by Crippen LogP contribution is -2.52. The van der Waals surface area contributed by atoms with Crippen LogP contribution in [0.15, 0.2) is 48.7 Å². The number of ether oxygens (including phenoxy) is 1. The minimum absolute atomic E-state index is 0.0543. The minimum Gasteiger partial charge on any atom is -0.490 e. The number of hydrogen-bond acceptors (Lipinski definition) is 10. The number of pyridine rings is 1. The first-order valence-corrected chi connectivity index (χ1v) is 20.7. The average molecular weight is 791 g/mol. The van der Waals surface area contributed by atoms with Gasteiger partial charge in [-0.05, 0) is 98.4 Å². The molecule has 5 aliphatic heterocycles. The number of nitrogens with zero attached hydrogens (tertiary/aromatic N) is 7. The molecule has 6 heterocycles. The number of nitrogens with one attached hydrogen (secondary N) is 1. The van der Waals surface area contributed by atoms with Crippen molar-refractivity contribution in [2.75, 3.05) is 55.6 Å². The zero-order chi connectivity index (χ0) is 39.2. The smallest absolute Gasteiger partial charge is 0.256 e. The van der Waals surface area contributed by atoms with Crippen LogP contribution < -0.4 is 19.9 Å². The summed E-state index contributed by atoms with van der Waals surface area (Å²) < 4.78 is 6.18. The number of hydrogen-bond donors (Lipinski definition) is 1. The molecule has 57 heavy (non-hydrogen) atoms. The van der Waals surface area contributed by atoms with Crippen molar-refractivity contribution in [3.63, 3.8) is 0 Å². The topological polar surface area (TPSA) is 142 Å². The Balaban J connectivity index is 0.722. The Labute approximate surface area is 337 Å². The number of imide groups is 1. The number of piperidine rings is 2. The third-order valence-corrected chi connectivity index (χ3v) is 13.3. The van der Waals surface area contributed by atoms with Crippen molar-refractivity contribution in [2.24, 2.45) is 5.92 Å². The van der Waals surface area contributed by atoms with Crippen LogP contribution in [0.1, 0.15) is 88.8 Å². The van der Waals surface area contributed by atoms with Gasteiger partial charge in [0.05, 0.1) is 22.3 Å². The van der Waals surface area contributed by atoms with Gasteiger partial charge in [0.2, 0.25) is 11.8 Å². The molecule has 1 N–H and O–H groups in total. The van der Waals surface area contributed by atoms with E-state index in [1.54, 1.807) is 29.3 Å². The maximum atomic E-state index is 13.5. The highest BCUT2D eigenvalue weighted by atomic mass is 35.5. The fourth-order valence-electron chi connectivity index (χ4n) is 9.67. The maximum Gasteiger partial charge on any atom is 0.256 e. The molecular weight excluding hydrogens is 744 g/mol. The minimum atomic E-state index is -0.601. The van der Waals surface area contributed by atoms with Crippen molar-refractivity contribution in [3.05, 3.63) is 81.5 Å². The average Bonchev–Trinajstić information content (AvgIpc) is 3.73. The van der Waals surface area contributed by atoms with Crippen molar-refractivity contribution in [1.29, 1.82) is 5.26 Å². The van der Waals surface area contributed by atoms with Crippen LogP contribution >= 0.6 is 11.6 Å². The van der Waals surface area contributed by atoms with E-state index in [2.05, 4.69) is 38.2 Å². The summed E-state index contributed by atoms with van der Waals surface area (Å²) in [5.41, 5.74) is 4.92. The van der Waals surface area contributed by atoms with Gasteiger partial charge in [0.25, 0.3) is 11.8 Å². The Hall–Kier alpha value is -5.19. The number of anilines is 2. The summed E-state index contributed by atoms with van der Waals surface area (Å²) >= 11 is 6.20. The van der Waals surface area contributed by atoms with E-state index in [4.69, 9.17) is 26.6 Å². The quantitative estimate of drug-likeness (QED) is 0.318. The van der Waals surface area contributed by atoms with Crippen LogP contribution in [0.4, 0.5) is 11.5 Å². The van der Waals surface area contributed by atoms with Crippen molar-refractivity contribution in [3.8, 4) is 11.8 Å². The Morgan fingerprint density at radius 1 is 0.789 bits per heavy atom. The fourth-order valence-corrected chi connectivity index (χ4v) is 9.88. The van der Waals surface area contributed by atoms with E-state index in [-0.39, 0.29) is 42.2 Å². The molecule has 4 amide bonds. The fraction of sp³-hybridized carbons (Fsp3) is 0.488. The molecule has 0 bridgehead atoms. The van der Waals surface area contributed by atoms with E-state index < -0.39 is 6.04 Å². The zero-order valence-corrected chi connectivity index (χ0v) is 32.8. The Bertz CT molecular complexity index is 2130. The largest absolute Gasteiger partial charge is 0.490 e. The van der Waals surface area contributed by atoms with Gasteiger partial charge in [-0.2, -0.15) is 5.26 Å². The summed E-state index contributed by atoms with van der Waals surface area (Å²) in [5.74, 6) is 1.53. The molecule has 1 unspecified atom stereocenters. The zero-order valence-electron chi connectivity index (χ0n) is 32.0. The van der Waals surface area contributed by atoms with Crippen LogP contribution in [-0.4, -0.2) is 107 Å². The lowest BCUT2D eigenvalue weighted by Gasteiger charge is -2.40. The summed E-state index contributed by atoms with van der Waals surface area (Å²) in [6, 6.07) is 15.0. The van der Waals surface area contributed by atoms with E-state index in [1.165, 1.54) is 0 Å². The number of rotatable bonds is 8. The maximum absolute atomic E-state index is 13.5. The van der Waals surface area contributed by atoms with Gasteiger partial charge in [-0.3, -0.25) is 29.4 Å². The van der Waals surface area contributed by atoms with Gasteiger partial charge in [-0.25, -0.2) is 4.98 Å². The highest BCUT2D eigenvalue weighted by molar-refractivity contribution is 6.31. The highest BCUT2D eigenvalue weighted by Crippen LogP contribution is 2.35. The number of aromatic nitrogens is 1. The number of amides is 4. The van der Waals surface area contributed by atoms with Crippen molar-refractivity contribution < 1.29 is 23.9 Å². The van der Waals surface area contributed by atoms with E-state index in [0.717, 1.165) is 113 Å². The molecule has 14 heteroatoms. The first-order chi connectivity index (χ1) is 27.7. The van der Waals surface area contributed by atoms with Crippen LogP contribution in [0, 0.1) is 17.2 Å².